The number of hydrogen-bond donors (Lipinski definition) is 14. The summed E-state index contributed by atoms with van der Waals surface area (Å²) in [5.41, 5.74) is 5.69. The Balaban J connectivity index is 4.49. The van der Waals surface area contributed by atoms with E-state index in [9.17, 15) is 70.9 Å². The summed E-state index contributed by atoms with van der Waals surface area (Å²) in [5, 5.41) is 133. The zero-order chi connectivity index (χ0) is 58.7. The van der Waals surface area contributed by atoms with Crippen molar-refractivity contribution in [2.45, 2.75) is 191 Å². The summed E-state index contributed by atoms with van der Waals surface area (Å²) in [6.07, 6.45) is 34.8. The minimum absolute atomic E-state index is 0.0240. The molecule has 0 spiro atoms. The number of carbonyl (C=O) groups excluding carboxylic acids is 1. The second-order valence-electron chi connectivity index (χ2n) is 20.0. The van der Waals surface area contributed by atoms with E-state index in [-0.39, 0.29) is 87.4 Å². The molecular weight excluding hydrogens is 999 g/mol. The lowest BCUT2D eigenvalue weighted by Gasteiger charge is -2.25. The van der Waals surface area contributed by atoms with Crippen molar-refractivity contribution in [2.75, 3.05) is 6.54 Å². The van der Waals surface area contributed by atoms with Crippen molar-refractivity contribution >= 4 is 11.8 Å². The molecule has 16 heteroatoms. The maximum atomic E-state index is 12.8. The molecule has 0 aromatic heterocycles. The number of carbonyl (C=O) groups is 2. The van der Waals surface area contributed by atoms with Crippen LogP contribution in [0, 0.1) is 17.8 Å². The van der Waals surface area contributed by atoms with Gasteiger partial charge in [-0.15, -0.1) is 0 Å². The molecule has 0 saturated carbocycles. The summed E-state index contributed by atoms with van der Waals surface area (Å²) >= 11 is 0. The number of carboxylic acids is 1. The minimum Gasteiger partial charge on any atom is -0.478 e. The summed E-state index contributed by atoms with van der Waals surface area (Å²) in [5.74, 6) is -2.60. The Morgan fingerprint density at radius 3 is 1.45 bits per heavy atom. The molecule has 0 fully saturated rings. The van der Waals surface area contributed by atoms with Crippen LogP contribution in [0.15, 0.2) is 157 Å². The van der Waals surface area contributed by atoms with Gasteiger partial charge in [-0.25, -0.2) is 4.79 Å². The number of carboxylic acid groups (broad SMARTS) is 1. The van der Waals surface area contributed by atoms with E-state index in [1.54, 1.807) is 80.7 Å². The molecular formula is C62H97NO15. The van der Waals surface area contributed by atoms with Crippen LogP contribution in [0.25, 0.3) is 0 Å². The Hall–Kier alpha value is -4.76. The number of unbranched alkanes of at least 4 members (excludes halogenated alkanes) is 1. The average Bonchev–Trinajstić information content (AvgIpc) is 3.37. The minimum atomic E-state index is -1.16. The van der Waals surface area contributed by atoms with Crippen molar-refractivity contribution in [1.29, 1.82) is 0 Å². The predicted octanol–water partition coefficient (Wildman–Crippen LogP) is 5.92. The lowest BCUT2D eigenvalue weighted by molar-refractivity contribution is -0.132. The van der Waals surface area contributed by atoms with E-state index in [2.05, 4.69) is 0 Å². The Bertz CT molecular complexity index is 2000. The lowest BCUT2D eigenvalue weighted by atomic mass is 9.88. The molecule has 0 rings (SSSR count). The zero-order valence-corrected chi connectivity index (χ0v) is 46.4. The average molecular weight is 1100 g/mol. The highest BCUT2D eigenvalue weighted by molar-refractivity contribution is 5.86. The maximum absolute atomic E-state index is 12.8. The molecule has 0 aromatic rings. The third-order valence-corrected chi connectivity index (χ3v) is 12.6. The molecule has 0 aliphatic rings. The number of hydrogen-bond acceptors (Lipinski definition) is 15. The Morgan fingerprint density at radius 2 is 0.910 bits per heavy atom. The normalized spacial score (nSPS) is 19.5. The van der Waals surface area contributed by atoms with Crippen molar-refractivity contribution in [1.82, 2.24) is 0 Å². The van der Waals surface area contributed by atoms with Gasteiger partial charge in [-0.1, -0.05) is 173 Å². The lowest BCUT2D eigenvalue weighted by Crippen LogP contribution is -2.32. The van der Waals surface area contributed by atoms with E-state index in [0.717, 1.165) is 12.8 Å². The van der Waals surface area contributed by atoms with Gasteiger partial charge in [0.25, 0.3) is 0 Å². The number of nitrogens with two attached hydrogens (primary N) is 1. The van der Waals surface area contributed by atoms with Gasteiger partial charge in [0.2, 0.25) is 0 Å². The number of allylic oxidation sites excluding steroid dienone is 16. The highest BCUT2D eigenvalue weighted by atomic mass is 16.4. The molecule has 78 heavy (non-hydrogen) atoms. The number of aliphatic carboxylic acids is 1. The van der Waals surface area contributed by atoms with Gasteiger partial charge in [0.05, 0.1) is 73.2 Å². The van der Waals surface area contributed by atoms with E-state index < -0.39 is 85.1 Å². The largest absolute Gasteiger partial charge is 0.478 e. The van der Waals surface area contributed by atoms with Crippen molar-refractivity contribution in [3.63, 3.8) is 0 Å². The van der Waals surface area contributed by atoms with E-state index in [1.807, 2.05) is 55.5 Å². The predicted molar refractivity (Wildman–Crippen MR) is 309 cm³/mol. The third-order valence-electron chi connectivity index (χ3n) is 12.6. The number of ketones is 1. The van der Waals surface area contributed by atoms with Crippen molar-refractivity contribution in [3.05, 3.63) is 157 Å². The first kappa shape index (κ1) is 73.2. The fourth-order valence-corrected chi connectivity index (χ4v) is 7.63. The van der Waals surface area contributed by atoms with Gasteiger partial charge in [0.1, 0.15) is 5.78 Å². The molecule has 15 atom stereocenters. The van der Waals surface area contributed by atoms with Crippen LogP contribution >= 0.6 is 0 Å². The van der Waals surface area contributed by atoms with E-state index in [1.165, 1.54) is 43.4 Å². The molecule has 15 N–H and O–H groups in total. The number of rotatable bonds is 44. The highest BCUT2D eigenvalue weighted by Gasteiger charge is 2.25. The number of aliphatic hydroxyl groups is 12. The summed E-state index contributed by atoms with van der Waals surface area (Å²) in [6, 6.07) is 0. The first-order valence-corrected chi connectivity index (χ1v) is 27.4. The smallest absolute Gasteiger partial charge is 0.331 e. The van der Waals surface area contributed by atoms with Gasteiger partial charge < -0.3 is 72.1 Å². The third kappa shape index (κ3) is 40.4. The summed E-state index contributed by atoms with van der Waals surface area (Å²) in [6.45, 7) is 7.27. The van der Waals surface area contributed by atoms with Gasteiger partial charge in [-0.05, 0) is 77.7 Å². The van der Waals surface area contributed by atoms with Crippen molar-refractivity contribution in [2.24, 2.45) is 23.5 Å². The maximum Gasteiger partial charge on any atom is 0.331 e. The van der Waals surface area contributed by atoms with Crippen molar-refractivity contribution < 1.29 is 76.0 Å². The van der Waals surface area contributed by atoms with Gasteiger partial charge in [-0.2, -0.15) is 0 Å². The Labute approximate surface area is 464 Å². The Kier molecular flexibility index (Phi) is 43.2. The van der Waals surface area contributed by atoms with Crippen LogP contribution in [-0.2, 0) is 9.59 Å². The molecule has 440 valence electrons. The zero-order valence-electron chi connectivity index (χ0n) is 46.4. The van der Waals surface area contributed by atoms with Crippen LogP contribution in [-0.4, -0.2) is 158 Å². The van der Waals surface area contributed by atoms with Crippen molar-refractivity contribution in [3.8, 4) is 0 Å². The second-order valence-corrected chi connectivity index (χ2v) is 20.0. The SMILES string of the molecule is CC(=CC=CC=CCCC=CC(C)C(O)C(C)C(O)C=CC=CC=CC=CC=CC=CCC(O)C(C)C(=O)CC(O)CC(O)C=CCC(O)CC(O)C=CCC(O)CC(O)CC(O)C=CCC(O)CC(O)CCCN)C(=O)O. The van der Waals surface area contributed by atoms with Gasteiger partial charge in [-0.3, -0.25) is 4.79 Å². The molecule has 0 saturated heterocycles. The molecule has 0 bridgehead atoms. The van der Waals surface area contributed by atoms with E-state index in [0.29, 0.717) is 19.4 Å². The fourth-order valence-electron chi connectivity index (χ4n) is 7.63. The van der Waals surface area contributed by atoms with Gasteiger partial charge in [0.15, 0.2) is 0 Å². The summed E-state index contributed by atoms with van der Waals surface area (Å²) in [4.78, 5) is 23.5. The van der Waals surface area contributed by atoms with E-state index in [4.69, 9.17) is 10.8 Å². The molecule has 0 radical (unpaired) electrons. The number of aliphatic hydroxyl groups excluding tert-OH is 12. The molecule has 0 heterocycles. The highest BCUT2D eigenvalue weighted by Crippen LogP contribution is 2.20. The second kappa shape index (κ2) is 46.0. The molecule has 0 aliphatic carbocycles. The standard InChI is InChI=1S/C62H97NO15/c1-45(27-19-15-11-10-12-16-20-28-46(2)62(77)78)61(76)48(4)59(74)37-22-18-14-9-7-5-6-8-13-17-21-36-58(73)47(3)60(75)44-57(72)43-54(69)34-25-30-50(65)39-49(64)29-23-32-52(67)41-56(71)42-53(68)33-24-31-51(66)40-55(70)35-26-38-63/h5-10,12-14,16-25,27-29,33-34,37,45,47-59,61,64-74,76H,11,15,26,30-32,35-36,38-44,63H2,1-4H3,(H,77,78). The van der Waals surface area contributed by atoms with Crippen LogP contribution in [0.2, 0.25) is 0 Å². The molecule has 0 amide bonds. The first-order chi connectivity index (χ1) is 37.1. The summed E-state index contributed by atoms with van der Waals surface area (Å²) in [7, 11) is 0. The molecule has 0 aromatic carbocycles. The van der Waals surface area contributed by atoms with Gasteiger partial charge in [0, 0.05) is 49.0 Å². The Morgan fingerprint density at radius 1 is 0.462 bits per heavy atom. The summed E-state index contributed by atoms with van der Waals surface area (Å²) < 4.78 is 0. The molecule has 15 unspecified atom stereocenters. The molecule has 16 nitrogen and oxygen atoms in total. The van der Waals surface area contributed by atoms with Crippen LogP contribution in [0.1, 0.15) is 118 Å². The van der Waals surface area contributed by atoms with Gasteiger partial charge >= 0.3 is 5.97 Å². The van der Waals surface area contributed by atoms with Crippen LogP contribution < -0.4 is 5.73 Å². The van der Waals surface area contributed by atoms with E-state index >= 15 is 0 Å². The fraction of sp³-hybridized carbons (Fsp3) is 0.548. The first-order valence-electron chi connectivity index (χ1n) is 27.4. The topological polar surface area (TPSA) is 323 Å². The van der Waals surface area contributed by atoms with Crippen LogP contribution in [0.3, 0.4) is 0 Å². The quantitative estimate of drug-likeness (QED) is 0.0146. The monoisotopic (exact) mass is 1100 g/mol. The van der Waals surface area contributed by atoms with Crippen LogP contribution in [0.4, 0.5) is 0 Å². The number of Topliss-reactive ketones (excluding diaryl/α,β-unsaturated/α-hetero) is 1. The molecule has 0 aliphatic heterocycles. The van der Waals surface area contributed by atoms with Crippen LogP contribution in [0.5, 0.6) is 0 Å².